The van der Waals surface area contributed by atoms with Gasteiger partial charge in [-0.3, -0.25) is 9.78 Å². The Kier molecular flexibility index (Phi) is 2.58. The summed E-state index contributed by atoms with van der Waals surface area (Å²) in [5, 5.41) is 9.69. The van der Waals surface area contributed by atoms with Gasteiger partial charge in [0.1, 0.15) is 0 Å². The lowest BCUT2D eigenvalue weighted by Crippen LogP contribution is -1.84. The quantitative estimate of drug-likeness (QED) is 0.708. The summed E-state index contributed by atoms with van der Waals surface area (Å²) in [5.74, 6) is 0. The Hall–Kier alpha value is -2.93. The molecule has 0 aliphatic heterocycles. The van der Waals surface area contributed by atoms with Gasteiger partial charge in [-0.1, -0.05) is 0 Å². The molecule has 0 spiro atoms. The summed E-state index contributed by atoms with van der Waals surface area (Å²) >= 11 is 0. The fraction of sp³-hybridized carbons (Fsp3) is 0. The van der Waals surface area contributed by atoms with E-state index in [0.717, 1.165) is 28.4 Å². The first kappa shape index (κ1) is 11.2. The van der Waals surface area contributed by atoms with Crippen LogP contribution in [0.1, 0.15) is 15.9 Å². The Morgan fingerprint density at radius 2 is 2.00 bits per heavy atom. The van der Waals surface area contributed by atoms with Crippen molar-refractivity contribution in [3.05, 3.63) is 53.9 Å². The molecular formula is C15H9N3O. The fourth-order valence-corrected chi connectivity index (χ4v) is 2.15. The van der Waals surface area contributed by atoms with E-state index >= 15 is 0 Å². The van der Waals surface area contributed by atoms with E-state index in [-0.39, 0.29) is 0 Å². The molecule has 3 rings (SSSR count). The minimum Gasteiger partial charge on any atom is -0.354 e. The maximum atomic E-state index is 11.4. The lowest BCUT2D eigenvalue weighted by molar-refractivity contribution is 0.112. The second kappa shape index (κ2) is 4.39. The molecule has 0 saturated carbocycles. The number of fused-ring (bicyclic) bond motifs is 1. The highest BCUT2D eigenvalue weighted by Gasteiger charge is 2.12. The molecule has 2 heterocycles. The molecule has 0 unspecified atom stereocenters. The largest absolute Gasteiger partial charge is 0.354 e. The molecule has 4 nitrogen and oxygen atoms in total. The van der Waals surface area contributed by atoms with Crippen LogP contribution in [0.5, 0.6) is 0 Å². The molecule has 0 bridgehead atoms. The highest BCUT2D eigenvalue weighted by Crippen LogP contribution is 2.29. The van der Waals surface area contributed by atoms with E-state index in [2.05, 4.69) is 16.0 Å². The zero-order chi connectivity index (χ0) is 13.2. The predicted octanol–water partition coefficient (Wildman–Crippen LogP) is 2.91. The van der Waals surface area contributed by atoms with Gasteiger partial charge in [-0.15, -0.1) is 0 Å². The molecule has 1 N–H and O–H groups in total. The monoisotopic (exact) mass is 247 g/mol. The molecule has 0 radical (unpaired) electrons. The summed E-state index contributed by atoms with van der Waals surface area (Å²) in [4.78, 5) is 18.5. The van der Waals surface area contributed by atoms with E-state index in [1.807, 2.05) is 18.2 Å². The van der Waals surface area contributed by atoms with Gasteiger partial charge in [-0.05, 0) is 30.3 Å². The Bertz CT molecular complexity index is 797. The molecule has 3 aromatic rings. The number of nitrogens with one attached hydrogen (secondary N) is 1. The number of aromatic nitrogens is 2. The molecule has 0 aliphatic rings. The molecular weight excluding hydrogens is 238 g/mol. The minimum atomic E-state index is 0.538. The van der Waals surface area contributed by atoms with Crippen molar-refractivity contribution in [1.29, 1.82) is 5.26 Å². The molecule has 19 heavy (non-hydrogen) atoms. The van der Waals surface area contributed by atoms with Gasteiger partial charge in [0, 0.05) is 34.4 Å². The van der Waals surface area contributed by atoms with Crippen LogP contribution in [0, 0.1) is 11.3 Å². The van der Waals surface area contributed by atoms with E-state index < -0.39 is 0 Å². The maximum Gasteiger partial charge on any atom is 0.152 e. The van der Waals surface area contributed by atoms with Crippen LogP contribution in [-0.4, -0.2) is 16.3 Å². The van der Waals surface area contributed by atoms with Crippen LogP contribution in [0.3, 0.4) is 0 Å². The molecule has 0 saturated heterocycles. The number of carbonyl (C=O) groups excluding carboxylic acids is 1. The van der Waals surface area contributed by atoms with Crippen molar-refractivity contribution in [1.82, 2.24) is 9.97 Å². The molecule has 4 heteroatoms. The van der Waals surface area contributed by atoms with Crippen molar-refractivity contribution in [3.8, 4) is 17.3 Å². The van der Waals surface area contributed by atoms with Crippen molar-refractivity contribution in [3.63, 3.8) is 0 Å². The van der Waals surface area contributed by atoms with E-state index in [0.29, 0.717) is 11.1 Å². The third-order valence-corrected chi connectivity index (χ3v) is 3.05. The van der Waals surface area contributed by atoms with Gasteiger partial charge in [0.2, 0.25) is 0 Å². The number of carbonyl (C=O) groups is 1. The van der Waals surface area contributed by atoms with Gasteiger partial charge in [0.25, 0.3) is 0 Å². The van der Waals surface area contributed by atoms with Crippen LogP contribution < -0.4 is 0 Å². The SMILES string of the molecule is N#Cc1ccc2[nH]c(-c3ccncc3)c(C=O)c2c1. The molecule has 2 aromatic heterocycles. The van der Waals surface area contributed by atoms with Crippen LogP contribution >= 0.6 is 0 Å². The Morgan fingerprint density at radius 3 is 2.68 bits per heavy atom. The van der Waals surface area contributed by atoms with Gasteiger partial charge < -0.3 is 4.98 Å². The summed E-state index contributed by atoms with van der Waals surface area (Å²) in [6.07, 6.45) is 4.17. The van der Waals surface area contributed by atoms with Crippen LogP contribution in [0.25, 0.3) is 22.2 Å². The van der Waals surface area contributed by atoms with Gasteiger partial charge in [0.15, 0.2) is 6.29 Å². The Labute approximate surface area is 109 Å². The van der Waals surface area contributed by atoms with Crippen molar-refractivity contribution in [2.45, 2.75) is 0 Å². The van der Waals surface area contributed by atoms with Crippen molar-refractivity contribution in [2.24, 2.45) is 0 Å². The zero-order valence-corrected chi connectivity index (χ0v) is 9.92. The number of rotatable bonds is 2. The number of aldehydes is 1. The smallest absolute Gasteiger partial charge is 0.152 e. The standard InChI is InChI=1S/C15H9N3O/c16-8-10-1-2-14-12(7-10)13(9-19)15(18-14)11-3-5-17-6-4-11/h1-7,9,18H. The number of nitrogens with zero attached hydrogens (tertiary/aromatic N) is 2. The topological polar surface area (TPSA) is 69.5 Å². The zero-order valence-electron chi connectivity index (χ0n) is 9.92. The van der Waals surface area contributed by atoms with E-state index in [4.69, 9.17) is 5.26 Å². The van der Waals surface area contributed by atoms with Crippen molar-refractivity contribution >= 4 is 17.2 Å². The lowest BCUT2D eigenvalue weighted by atomic mass is 10.1. The van der Waals surface area contributed by atoms with Gasteiger partial charge in [-0.25, -0.2) is 0 Å². The number of nitriles is 1. The predicted molar refractivity (Wildman–Crippen MR) is 71.6 cm³/mol. The normalized spacial score (nSPS) is 10.3. The van der Waals surface area contributed by atoms with Crippen LogP contribution in [0.15, 0.2) is 42.7 Å². The highest BCUT2D eigenvalue weighted by molar-refractivity contribution is 6.04. The van der Waals surface area contributed by atoms with Gasteiger partial charge >= 0.3 is 0 Å². The van der Waals surface area contributed by atoms with E-state index in [1.54, 1.807) is 24.5 Å². The van der Waals surface area contributed by atoms with Gasteiger partial charge in [-0.2, -0.15) is 5.26 Å². The number of pyridine rings is 1. The molecule has 1 aromatic carbocycles. The average molecular weight is 247 g/mol. The summed E-state index contributed by atoms with van der Waals surface area (Å²) in [7, 11) is 0. The summed E-state index contributed by atoms with van der Waals surface area (Å²) in [6.45, 7) is 0. The Morgan fingerprint density at radius 1 is 1.21 bits per heavy atom. The first-order valence-corrected chi connectivity index (χ1v) is 5.75. The van der Waals surface area contributed by atoms with Crippen LogP contribution in [-0.2, 0) is 0 Å². The molecule has 0 amide bonds. The van der Waals surface area contributed by atoms with Crippen LogP contribution in [0.4, 0.5) is 0 Å². The molecule has 0 atom stereocenters. The minimum absolute atomic E-state index is 0.538. The second-order valence-electron chi connectivity index (χ2n) is 4.14. The number of benzene rings is 1. The number of hydrogen-bond donors (Lipinski definition) is 1. The summed E-state index contributed by atoms with van der Waals surface area (Å²) in [5.41, 5.74) is 3.59. The summed E-state index contributed by atoms with van der Waals surface area (Å²) in [6, 6.07) is 11.0. The van der Waals surface area contributed by atoms with Crippen molar-refractivity contribution < 1.29 is 4.79 Å². The van der Waals surface area contributed by atoms with Crippen molar-refractivity contribution in [2.75, 3.05) is 0 Å². The third kappa shape index (κ3) is 1.78. The average Bonchev–Trinajstić information content (AvgIpc) is 2.85. The number of H-pyrrole nitrogens is 1. The summed E-state index contributed by atoms with van der Waals surface area (Å²) < 4.78 is 0. The van der Waals surface area contributed by atoms with Crippen LogP contribution in [0.2, 0.25) is 0 Å². The fourth-order valence-electron chi connectivity index (χ4n) is 2.15. The first-order chi connectivity index (χ1) is 9.33. The molecule has 0 fully saturated rings. The number of aromatic amines is 1. The number of hydrogen-bond acceptors (Lipinski definition) is 3. The Balaban J connectivity index is 2.33. The third-order valence-electron chi connectivity index (χ3n) is 3.05. The highest BCUT2D eigenvalue weighted by atomic mass is 16.1. The lowest BCUT2D eigenvalue weighted by Gasteiger charge is -1.98. The van der Waals surface area contributed by atoms with E-state index in [1.165, 1.54) is 0 Å². The molecule has 90 valence electrons. The van der Waals surface area contributed by atoms with Gasteiger partial charge in [0.05, 0.1) is 17.3 Å². The maximum absolute atomic E-state index is 11.4. The molecule has 0 aliphatic carbocycles. The second-order valence-corrected chi connectivity index (χ2v) is 4.14. The first-order valence-electron chi connectivity index (χ1n) is 5.75. The van der Waals surface area contributed by atoms with E-state index in [9.17, 15) is 4.79 Å².